The first-order valence-corrected chi connectivity index (χ1v) is 7.42. The summed E-state index contributed by atoms with van der Waals surface area (Å²) in [5.74, 6) is 2.47. The number of nitrogens with zero attached hydrogens (tertiary/aromatic N) is 1. The van der Waals surface area contributed by atoms with Gasteiger partial charge in [-0.05, 0) is 19.8 Å². The topological polar surface area (TPSA) is 32.7 Å². The van der Waals surface area contributed by atoms with Gasteiger partial charge in [0.25, 0.3) is 0 Å². The summed E-state index contributed by atoms with van der Waals surface area (Å²) < 4.78 is 5.41. The van der Waals surface area contributed by atoms with Crippen LogP contribution in [-0.4, -0.2) is 60.5 Å². The molecule has 0 amide bonds. The first kappa shape index (κ1) is 12.7. The van der Waals surface area contributed by atoms with Crippen LogP contribution in [0.5, 0.6) is 0 Å². The number of rotatable bonds is 3. The Morgan fingerprint density at radius 1 is 1.44 bits per heavy atom. The molecule has 0 saturated carbocycles. The number of hydrogen-bond donors (Lipinski definition) is 1. The van der Waals surface area contributed by atoms with Gasteiger partial charge in [0.2, 0.25) is 0 Å². The van der Waals surface area contributed by atoms with Crippen LogP contribution in [0.2, 0.25) is 0 Å². The molecule has 0 aromatic carbocycles. The lowest BCUT2D eigenvalue weighted by atomic mass is 9.80. The van der Waals surface area contributed by atoms with Crippen molar-refractivity contribution in [2.24, 2.45) is 5.41 Å². The molecule has 16 heavy (non-hydrogen) atoms. The normalized spacial score (nSPS) is 31.5. The van der Waals surface area contributed by atoms with Gasteiger partial charge in [-0.2, -0.15) is 11.8 Å². The minimum absolute atomic E-state index is 0.106. The first-order valence-electron chi connectivity index (χ1n) is 6.26. The second kappa shape index (κ2) is 5.71. The van der Waals surface area contributed by atoms with Crippen molar-refractivity contribution < 1.29 is 9.84 Å². The molecule has 0 spiro atoms. The molecule has 0 bridgehead atoms. The van der Waals surface area contributed by atoms with E-state index in [1.165, 1.54) is 18.1 Å². The van der Waals surface area contributed by atoms with Gasteiger partial charge in [0.05, 0.1) is 6.61 Å². The summed E-state index contributed by atoms with van der Waals surface area (Å²) >= 11 is 2.05. The van der Waals surface area contributed by atoms with E-state index < -0.39 is 0 Å². The van der Waals surface area contributed by atoms with Crippen LogP contribution in [0, 0.1) is 5.41 Å². The van der Waals surface area contributed by atoms with E-state index in [2.05, 4.69) is 11.8 Å². The Hall–Kier alpha value is 0.230. The van der Waals surface area contributed by atoms with Crippen molar-refractivity contribution in [3.8, 4) is 0 Å². The van der Waals surface area contributed by atoms with Gasteiger partial charge in [-0.25, -0.2) is 0 Å². The third-order valence-electron chi connectivity index (χ3n) is 3.93. The molecule has 1 N–H and O–H groups in total. The van der Waals surface area contributed by atoms with E-state index >= 15 is 0 Å². The average molecular weight is 245 g/mol. The van der Waals surface area contributed by atoms with Crippen molar-refractivity contribution in [1.29, 1.82) is 0 Å². The van der Waals surface area contributed by atoms with Gasteiger partial charge in [0.1, 0.15) is 0 Å². The molecular formula is C12H23NO2S. The zero-order valence-corrected chi connectivity index (χ0v) is 11.0. The van der Waals surface area contributed by atoms with E-state index in [1.54, 1.807) is 0 Å². The molecule has 0 aromatic heterocycles. The van der Waals surface area contributed by atoms with E-state index in [-0.39, 0.29) is 5.41 Å². The van der Waals surface area contributed by atoms with E-state index in [1.807, 2.05) is 11.8 Å². The molecule has 3 nitrogen and oxygen atoms in total. The Bertz CT molecular complexity index is 219. The average Bonchev–Trinajstić information content (AvgIpc) is 2.33. The molecule has 2 fully saturated rings. The molecule has 2 aliphatic heterocycles. The van der Waals surface area contributed by atoms with Gasteiger partial charge in [0.15, 0.2) is 0 Å². The maximum atomic E-state index is 9.67. The van der Waals surface area contributed by atoms with Gasteiger partial charge in [-0.3, -0.25) is 4.90 Å². The molecule has 2 saturated heterocycles. The molecule has 0 aromatic rings. The Labute approximate surface area is 103 Å². The number of thioether (sulfide) groups is 1. The summed E-state index contributed by atoms with van der Waals surface area (Å²) in [4.78, 5) is 2.55. The second-order valence-corrected chi connectivity index (χ2v) is 6.31. The molecule has 2 rings (SSSR count). The molecule has 4 heteroatoms. The molecule has 0 radical (unpaired) electrons. The number of aliphatic hydroxyl groups excluding tert-OH is 1. The molecule has 1 atom stereocenters. The highest BCUT2D eigenvalue weighted by molar-refractivity contribution is 7.99. The van der Waals surface area contributed by atoms with Crippen LogP contribution in [0.15, 0.2) is 0 Å². The largest absolute Gasteiger partial charge is 0.396 e. The number of hydrogen-bond acceptors (Lipinski definition) is 4. The molecule has 94 valence electrons. The highest BCUT2D eigenvalue weighted by Crippen LogP contribution is 2.32. The van der Waals surface area contributed by atoms with Crippen molar-refractivity contribution in [3.05, 3.63) is 0 Å². The predicted octanol–water partition coefficient (Wildman–Crippen LogP) is 1.21. The van der Waals surface area contributed by atoms with Crippen LogP contribution in [0.4, 0.5) is 0 Å². The quantitative estimate of drug-likeness (QED) is 0.810. The maximum absolute atomic E-state index is 9.67. The molecular weight excluding hydrogens is 222 g/mol. The fourth-order valence-corrected chi connectivity index (χ4v) is 3.68. The minimum Gasteiger partial charge on any atom is -0.396 e. The highest BCUT2D eigenvalue weighted by atomic mass is 32.2. The molecule has 2 heterocycles. The monoisotopic (exact) mass is 245 g/mol. The van der Waals surface area contributed by atoms with Crippen LogP contribution < -0.4 is 0 Å². The fourth-order valence-electron chi connectivity index (χ4n) is 2.60. The van der Waals surface area contributed by atoms with Gasteiger partial charge in [-0.15, -0.1) is 0 Å². The van der Waals surface area contributed by atoms with Gasteiger partial charge in [-0.1, -0.05) is 0 Å². The van der Waals surface area contributed by atoms with Crippen molar-refractivity contribution in [1.82, 2.24) is 4.90 Å². The summed E-state index contributed by atoms with van der Waals surface area (Å²) in [5.41, 5.74) is 0.106. The summed E-state index contributed by atoms with van der Waals surface area (Å²) in [5, 5.41) is 9.67. The summed E-state index contributed by atoms with van der Waals surface area (Å²) in [6, 6.07) is 0.657. The van der Waals surface area contributed by atoms with Crippen LogP contribution in [0.3, 0.4) is 0 Å². The van der Waals surface area contributed by atoms with Crippen molar-refractivity contribution in [2.45, 2.75) is 25.8 Å². The molecule has 2 aliphatic rings. The second-order valence-electron chi connectivity index (χ2n) is 5.16. The smallest absolute Gasteiger partial charge is 0.0501 e. The highest BCUT2D eigenvalue weighted by Gasteiger charge is 2.35. The van der Waals surface area contributed by atoms with Crippen LogP contribution in [0.1, 0.15) is 19.8 Å². The Morgan fingerprint density at radius 2 is 2.19 bits per heavy atom. The summed E-state index contributed by atoms with van der Waals surface area (Å²) in [6.45, 7) is 6.47. The first-order chi connectivity index (χ1) is 7.76. The lowest BCUT2D eigenvalue weighted by molar-refractivity contribution is -0.0378. The van der Waals surface area contributed by atoms with E-state index in [4.69, 9.17) is 4.74 Å². The lowest BCUT2D eigenvalue weighted by Gasteiger charge is -2.43. The molecule has 1 unspecified atom stereocenters. The fraction of sp³-hybridized carbons (Fsp3) is 1.00. The zero-order chi connectivity index (χ0) is 11.4. The SMILES string of the molecule is CC1CSCCN1CC1(CO)CCOCC1. The lowest BCUT2D eigenvalue weighted by Crippen LogP contribution is -2.49. The number of ether oxygens (including phenoxy) is 1. The van der Waals surface area contributed by atoms with Crippen LogP contribution in [0.25, 0.3) is 0 Å². The van der Waals surface area contributed by atoms with E-state index in [0.717, 1.165) is 32.6 Å². The zero-order valence-electron chi connectivity index (χ0n) is 10.2. The summed E-state index contributed by atoms with van der Waals surface area (Å²) in [7, 11) is 0. The minimum atomic E-state index is 0.106. The van der Waals surface area contributed by atoms with Gasteiger partial charge in [0, 0.05) is 49.3 Å². The van der Waals surface area contributed by atoms with Crippen LogP contribution >= 0.6 is 11.8 Å². The predicted molar refractivity (Wildman–Crippen MR) is 67.9 cm³/mol. The van der Waals surface area contributed by atoms with Gasteiger partial charge >= 0.3 is 0 Å². The van der Waals surface area contributed by atoms with Crippen LogP contribution in [-0.2, 0) is 4.74 Å². The Balaban J connectivity index is 1.93. The van der Waals surface area contributed by atoms with E-state index in [9.17, 15) is 5.11 Å². The Kier molecular flexibility index (Phi) is 4.53. The third-order valence-corrected chi connectivity index (χ3v) is 5.12. The molecule has 0 aliphatic carbocycles. The van der Waals surface area contributed by atoms with Crippen molar-refractivity contribution in [3.63, 3.8) is 0 Å². The summed E-state index contributed by atoms with van der Waals surface area (Å²) in [6.07, 6.45) is 2.03. The number of aliphatic hydroxyl groups is 1. The van der Waals surface area contributed by atoms with Crippen molar-refractivity contribution >= 4 is 11.8 Å². The third kappa shape index (κ3) is 2.92. The maximum Gasteiger partial charge on any atom is 0.0501 e. The Morgan fingerprint density at radius 3 is 2.81 bits per heavy atom. The van der Waals surface area contributed by atoms with Crippen molar-refractivity contribution in [2.75, 3.05) is 44.4 Å². The van der Waals surface area contributed by atoms with Gasteiger partial charge < -0.3 is 9.84 Å². The van der Waals surface area contributed by atoms with E-state index in [0.29, 0.717) is 12.6 Å². The standard InChI is InChI=1S/C12H23NO2S/c1-11-8-16-7-4-13(11)9-12(10-14)2-5-15-6-3-12/h11,14H,2-10H2,1H3.